The molecular formula is C15H20FNO. The van der Waals surface area contributed by atoms with Crippen molar-refractivity contribution in [2.75, 3.05) is 13.2 Å². The summed E-state index contributed by atoms with van der Waals surface area (Å²) in [7, 11) is 0. The molecule has 0 saturated carbocycles. The third-order valence-corrected chi connectivity index (χ3v) is 2.44. The minimum atomic E-state index is -0.310. The number of para-hydroxylation sites is 1. The Morgan fingerprint density at radius 2 is 2.22 bits per heavy atom. The van der Waals surface area contributed by atoms with Gasteiger partial charge in [0.2, 0.25) is 0 Å². The van der Waals surface area contributed by atoms with Crippen molar-refractivity contribution in [3.05, 3.63) is 29.6 Å². The molecule has 0 aliphatic carbocycles. The van der Waals surface area contributed by atoms with E-state index < -0.39 is 0 Å². The van der Waals surface area contributed by atoms with Crippen LogP contribution in [0.5, 0.6) is 5.75 Å². The Balaban J connectivity index is 2.63. The van der Waals surface area contributed by atoms with Gasteiger partial charge < -0.3 is 10.1 Å². The largest absolute Gasteiger partial charge is 0.489 e. The van der Waals surface area contributed by atoms with Gasteiger partial charge in [0.15, 0.2) is 11.6 Å². The van der Waals surface area contributed by atoms with Crippen molar-refractivity contribution >= 4 is 0 Å². The second kappa shape index (κ2) is 8.54. The molecule has 3 heteroatoms. The van der Waals surface area contributed by atoms with E-state index in [0.717, 1.165) is 18.5 Å². The highest BCUT2D eigenvalue weighted by Crippen LogP contribution is 2.22. The summed E-state index contributed by atoms with van der Waals surface area (Å²) in [6.45, 7) is 5.84. The third-order valence-electron chi connectivity index (χ3n) is 2.44. The van der Waals surface area contributed by atoms with Crippen molar-refractivity contribution in [3.8, 4) is 17.6 Å². The van der Waals surface area contributed by atoms with E-state index >= 15 is 0 Å². The highest BCUT2D eigenvalue weighted by atomic mass is 19.1. The van der Waals surface area contributed by atoms with Crippen molar-refractivity contribution < 1.29 is 9.13 Å². The van der Waals surface area contributed by atoms with E-state index in [9.17, 15) is 4.39 Å². The number of hydrogen-bond donors (Lipinski definition) is 1. The van der Waals surface area contributed by atoms with Crippen LogP contribution in [-0.4, -0.2) is 13.2 Å². The van der Waals surface area contributed by atoms with E-state index in [0.29, 0.717) is 25.3 Å². The third kappa shape index (κ3) is 4.77. The molecule has 0 saturated heterocycles. The van der Waals surface area contributed by atoms with Crippen molar-refractivity contribution in [1.82, 2.24) is 5.32 Å². The maximum absolute atomic E-state index is 13.7. The van der Waals surface area contributed by atoms with Crippen LogP contribution in [0.25, 0.3) is 0 Å². The lowest BCUT2D eigenvalue weighted by molar-refractivity contribution is 0.305. The molecule has 1 rings (SSSR count). The minimum Gasteiger partial charge on any atom is -0.489 e. The number of benzene rings is 1. The fourth-order valence-corrected chi connectivity index (χ4v) is 1.58. The lowest BCUT2D eigenvalue weighted by Crippen LogP contribution is -2.15. The average Bonchev–Trinajstić information content (AvgIpc) is 2.37. The Labute approximate surface area is 109 Å². The first-order valence-electron chi connectivity index (χ1n) is 6.30. The van der Waals surface area contributed by atoms with Gasteiger partial charge in [-0.25, -0.2) is 4.39 Å². The molecule has 0 heterocycles. The van der Waals surface area contributed by atoms with Crippen molar-refractivity contribution in [3.63, 3.8) is 0 Å². The first kappa shape index (κ1) is 14.5. The van der Waals surface area contributed by atoms with Crippen LogP contribution >= 0.6 is 0 Å². The van der Waals surface area contributed by atoms with Crippen LogP contribution in [0, 0.1) is 17.7 Å². The summed E-state index contributed by atoms with van der Waals surface area (Å²) < 4.78 is 19.2. The fourth-order valence-electron chi connectivity index (χ4n) is 1.58. The number of halogens is 1. The van der Waals surface area contributed by atoms with Crippen molar-refractivity contribution in [2.45, 2.75) is 33.2 Å². The van der Waals surface area contributed by atoms with Gasteiger partial charge in [-0.3, -0.25) is 0 Å². The predicted octanol–water partition coefficient (Wildman–Crippen LogP) is 3.12. The van der Waals surface area contributed by atoms with Gasteiger partial charge >= 0.3 is 0 Å². The molecule has 1 aromatic rings. The van der Waals surface area contributed by atoms with Crippen LogP contribution < -0.4 is 10.1 Å². The second-order valence-electron chi connectivity index (χ2n) is 3.93. The van der Waals surface area contributed by atoms with Crippen LogP contribution in [0.2, 0.25) is 0 Å². The zero-order valence-corrected chi connectivity index (χ0v) is 11.1. The van der Waals surface area contributed by atoms with E-state index in [1.54, 1.807) is 13.0 Å². The molecule has 0 unspecified atom stereocenters. The predicted molar refractivity (Wildman–Crippen MR) is 72.0 cm³/mol. The molecule has 0 atom stereocenters. The number of rotatable bonds is 7. The zero-order valence-electron chi connectivity index (χ0n) is 11.1. The lowest BCUT2D eigenvalue weighted by atomic mass is 10.2. The summed E-state index contributed by atoms with van der Waals surface area (Å²) in [6, 6.07) is 5.01. The van der Waals surface area contributed by atoms with Gasteiger partial charge in [0.25, 0.3) is 0 Å². The number of ether oxygens (including phenoxy) is 1. The molecule has 98 valence electrons. The topological polar surface area (TPSA) is 21.3 Å². The molecule has 2 nitrogen and oxygen atoms in total. The van der Waals surface area contributed by atoms with Gasteiger partial charge in [0, 0.05) is 18.5 Å². The SMILES string of the molecule is CC#CCCOc1c(F)cccc1CNCCC. The molecule has 0 fully saturated rings. The molecule has 0 aromatic heterocycles. The highest BCUT2D eigenvalue weighted by Gasteiger charge is 2.08. The highest BCUT2D eigenvalue weighted by molar-refractivity contribution is 5.35. The van der Waals surface area contributed by atoms with E-state index in [1.165, 1.54) is 6.07 Å². The van der Waals surface area contributed by atoms with Crippen LogP contribution in [0.1, 0.15) is 32.3 Å². The van der Waals surface area contributed by atoms with Crippen LogP contribution in [0.4, 0.5) is 4.39 Å². The summed E-state index contributed by atoms with van der Waals surface area (Å²) >= 11 is 0. The van der Waals surface area contributed by atoms with E-state index in [4.69, 9.17) is 4.74 Å². The molecule has 0 spiro atoms. The molecule has 1 aromatic carbocycles. The Morgan fingerprint density at radius 1 is 1.39 bits per heavy atom. The summed E-state index contributed by atoms with van der Waals surface area (Å²) in [5.74, 6) is 5.72. The van der Waals surface area contributed by atoms with Gasteiger partial charge in [-0.05, 0) is 26.0 Å². The van der Waals surface area contributed by atoms with E-state index in [2.05, 4.69) is 24.1 Å². The van der Waals surface area contributed by atoms with Crippen molar-refractivity contribution in [1.29, 1.82) is 0 Å². The average molecular weight is 249 g/mol. The van der Waals surface area contributed by atoms with Gasteiger partial charge in [-0.15, -0.1) is 11.8 Å². The molecule has 0 aliphatic rings. The normalized spacial score (nSPS) is 9.72. The van der Waals surface area contributed by atoms with E-state index in [1.807, 2.05) is 6.07 Å². The monoisotopic (exact) mass is 249 g/mol. The minimum absolute atomic E-state index is 0.310. The maximum Gasteiger partial charge on any atom is 0.165 e. The lowest BCUT2D eigenvalue weighted by Gasteiger charge is -2.12. The maximum atomic E-state index is 13.7. The molecule has 0 bridgehead atoms. The second-order valence-corrected chi connectivity index (χ2v) is 3.93. The molecule has 0 amide bonds. The van der Waals surface area contributed by atoms with Crippen LogP contribution in [0.3, 0.4) is 0 Å². The Bertz CT molecular complexity index is 420. The summed E-state index contributed by atoms with van der Waals surface area (Å²) in [5, 5.41) is 3.25. The summed E-state index contributed by atoms with van der Waals surface area (Å²) in [4.78, 5) is 0. The van der Waals surface area contributed by atoms with Gasteiger partial charge in [0.05, 0.1) is 6.61 Å². The molecule has 0 aliphatic heterocycles. The first-order chi connectivity index (χ1) is 8.79. The van der Waals surface area contributed by atoms with Gasteiger partial charge in [0.1, 0.15) is 0 Å². The van der Waals surface area contributed by atoms with Crippen molar-refractivity contribution in [2.24, 2.45) is 0 Å². The number of hydrogen-bond acceptors (Lipinski definition) is 2. The zero-order chi connectivity index (χ0) is 13.2. The quantitative estimate of drug-likeness (QED) is 0.592. The van der Waals surface area contributed by atoms with Gasteiger partial charge in [-0.1, -0.05) is 19.1 Å². The summed E-state index contributed by atoms with van der Waals surface area (Å²) in [6.07, 6.45) is 1.67. The first-order valence-corrected chi connectivity index (χ1v) is 6.30. The smallest absolute Gasteiger partial charge is 0.165 e. The molecule has 18 heavy (non-hydrogen) atoms. The Kier molecular flexibility index (Phi) is 6.90. The molecule has 0 radical (unpaired) electrons. The van der Waals surface area contributed by atoms with Crippen LogP contribution in [0.15, 0.2) is 18.2 Å². The summed E-state index contributed by atoms with van der Waals surface area (Å²) in [5.41, 5.74) is 0.855. The van der Waals surface area contributed by atoms with E-state index in [-0.39, 0.29) is 5.82 Å². The molecular weight excluding hydrogens is 229 g/mol. The fraction of sp³-hybridized carbons (Fsp3) is 0.467. The van der Waals surface area contributed by atoms with Gasteiger partial charge in [-0.2, -0.15) is 0 Å². The Hall–Kier alpha value is -1.53. The standard InChI is InChI=1S/C15H20FNO/c1-3-5-6-11-18-15-13(12-17-10-4-2)8-7-9-14(15)16/h7-9,17H,4,6,10-12H2,1-2H3. The van der Waals surface area contributed by atoms with Crippen LogP contribution in [-0.2, 0) is 6.54 Å². The molecule has 1 N–H and O–H groups in total. The number of nitrogens with one attached hydrogen (secondary N) is 1. The Morgan fingerprint density at radius 3 is 2.94 bits per heavy atom.